The van der Waals surface area contributed by atoms with Crippen LogP contribution in [0, 0.1) is 0 Å². The molecule has 0 aliphatic heterocycles. The number of nitrogens with zero attached hydrogens (tertiary/aromatic N) is 3. The second-order valence-electron chi connectivity index (χ2n) is 5.73. The SMILES string of the molecule is C=C(C)CN(CC)C(=O)CSc1nnc(NCc2ccc(OC)cc2)s1. The van der Waals surface area contributed by atoms with Gasteiger partial charge in [0, 0.05) is 19.6 Å². The van der Waals surface area contributed by atoms with Gasteiger partial charge in [0.05, 0.1) is 12.9 Å². The number of rotatable bonds is 10. The van der Waals surface area contributed by atoms with Crippen molar-refractivity contribution in [1.82, 2.24) is 15.1 Å². The molecule has 1 amide bonds. The van der Waals surface area contributed by atoms with Crippen molar-refractivity contribution >= 4 is 34.1 Å². The van der Waals surface area contributed by atoms with E-state index in [0.717, 1.165) is 26.4 Å². The number of amides is 1. The normalized spacial score (nSPS) is 10.4. The molecule has 2 rings (SSSR count). The van der Waals surface area contributed by atoms with Crippen LogP contribution in [0.25, 0.3) is 0 Å². The van der Waals surface area contributed by atoms with E-state index in [0.29, 0.717) is 25.4 Å². The first-order valence-corrected chi connectivity index (χ1v) is 10.1. The average molecular weight is 393 g/mol. The molecule has 1 aromatic heterocycles. The molecule has 26 heavy (non-hydrogen) atoms. The largest absolute Gasteiger partial charge is 0.497 e. The lowest BCUT2D eigenvalue weighted by atomic mass is 10.2. The summed E-state index contributed by atoms with van der Waals surface area (Å²) >= 11 is 2.87. The molecule has 1 aromatic carbocycles. The highest BCUT2D eigenvalue weighted by Crippen LogP contribution is 2.26. The maximum absolute atomic E-state index is 12.2. The maximum Gasteiger partial charge on any atom is 0.233 e. The fraction of sp³-hybridized carbons (Fsp3) is 0.389. The molecule has 0 radical (unpaired) electrons. The smallest absolute Gasteiger partial charge is 0.233 e. The third-order valence-corrected chi connectivity index (χ3v) is 5.52. The van der Waals surface area contributed by atoms with E-state index in [1.807, 2.05) is 38.1 Å². The minimum Gasteiger partial charge on any atom is -0.497 e. The van der Waals surface area contributed by atoms with Crippen LogP contribution < -0.4 is 10.1 Å². The molecule has 0 fully saturated rings. The van der Waals surface area contributed by atoms with Crippen LogP contribution in [-0.4, -0.2) is 47.0 Å². The van der Waals surface area contributed by atoms with Gasteiger partial charge in [-0.25, -0.2) is 0 Å². The molecule has 0 spiro atoms. The van der Waals surface area contributed by atoms with Crippen LogP contribution >= 0.6 is 23.1 Å². The number of hydrogen-bond donors (Lipinski definition) is 1. The lowest BCUT2D eigenvalue weighted by Crippen LogP contribution is -2.33. The first-order chi connectivity index (χ1) is 12.5. The predicted molar refractivity (Wildman–Crippen MR) is 108 cm³/mol. The number of anilines is 1. The van der Waals surface area contributed by atoms with Crippen LogP contribution in [-0.2, 0) is 11.3 Å². The molecule has 0 unspecified atom stereocenters. The molecular weight excluding hydrogens is 368 g/mol. The van der Waals surface area contributed by atoms with Crippen molar-refractivity contribution in [1.29, 1.82) is 0 Å². The molecule has 1 heterocycles. The molecule has 0 saturated heterocycles. The summed E-state index contributed by atoms with van der Waals surface area (Å²) in [7, 11) is 1.65. The van der Waals surface area contributed by atoms with Gasteiger partial charge in [-0.15, -0.1) is 10.2 Å². The van der Waals surface area contributed by atoms with Crippen molar-refractivity contribution in [2.24, 2.45) is 0 Å². The molecule has 0 aliphatic carbocycles. The van der Waals surface area contributed by atoms with E-state index in [1.54, 1.807) is 12.0 Å². The quantitative estimate of drug-likeness (QED) is 0.491. The van der Waals surface area contributed by atoms with Crippen molar-refractivity contribution in [3.8, 4) is 5.75 Å². The number of benzene rings is 1. The number of likely N-dealkylation sites (N-methyl/N-ethyl adjacent to an activating group) is 1. The third-order valence-electron chi connectivity index (χ3n) is 3.52. The number of ether oxygens (including phenoxy) is 1. The molecule has 8 heteroatoms. The Bertz CT molecular complexity index is 731. The fourth-order valence-electron chi connectivity index (χ4n) is 2.18. The molecule has 140 valence electrons. The number of carbonyl (C=O) groups excluding carboxylic acids is 1. The Morgan fingerprint density at radius 1 is 1.35 bits per heavy atom. The number of aromatic nitrogens is 2. The minimum atomic E-state index is 0.0865. The van der Waals surface area contributed by atoms with Crippen LogP contribution in [0.5, 0.6) is 5.75 Å². The summed E-state index contributed by atoms with van der Waals surface area (Å²) in [6, 6.07) is 7.85. The Morgan fingerprint density at radius 2 is 2.08 bits per heavy atom. The molecule has 0 atom stereocenters. The predicted octanol–water partition coefficient (Wildman–Crippen LogP) is 3.68. The lowest BCUT2D eigenvalue weighted by molar-refractivity contribution is -0.127. The van der Waals surface area contributed by atoms with Crippen LogP contribution in [0.3, 0.4) is 0 Å². The Labute approximate surface area is 162 Å². The van der Waals surface area contributed by atoms with Gasteiger partial charge in [0.1, 0.15) is 5.75 Å². The van der Waals surface area contributed by atoms with Crippen LogP contribution in [0.2, 0.25) is 0 Å². The standard InChI is InChI=1S/C18H24N4O2S2/c1-5-22(11-13(2)3)16(23)12-25-18-21-20-17(26-18)19-10-14-6-8-15(24-4)9-7-14/h6-9H,2,5,10-12H2,1,3-4H3,(H,19,20). The van der Waals surface area contributed by atoms with Gasteiger partial charge in [0.2, 0.25) is 11.0 Å². The van der Waals surface area contributed by atoms with E-state index in [2.05, 4.69) is 22.1 Å². The summed E-state index contributed by atoms with van der Waals surface area (Å²) in [5.41, 5.74) is 2.11. The zero-order valence-electron chi connectivity index (χ0n) is 15.3. The summed E-state index contributed by atoms with van der Waals surface area (Å²) in [6.45, 7) is 9.69. The van der Waals surface area contributed by atoms with E-state index >= 15 is 0 Å². The van der Waals surface area contributed by atoms with E-state index in [-0.39, 0.29) is 5.91 Å². The minimum absolute atomic E-state index is 0.0865. The second-order valence-corrected chi connectivity index (χ2v) is 7.93. The maximum atomic E-state index is 12.2. The molecule has 0 aliphatic rings. The summed E-state index contributed by atoms with van der Waals surface area (Å²) < 4.78 is 5.93. The van der Waals surface area contributed by atoms with Crippen molar-refractivity contribution in [3.63, 3.8) is 0 Å². The summed E-state index contributed by atoms with van der Waals surface area (Å²) in [4.78, 5) is 14.0. The highest BCUT2D eigenvalue weighted by Gasteiger charge is 2.14. The number of methoxy groups -OCH3 is 1. The monoisotopic (exact) mass is 392 g/mol. The molecular formula is C18H24N4O2S2. The van der Waals surface area contributed by atoms with Gasteiger partial charge in [-0.2, -0.15) is 0 Å². The van der Waals surface area contributed by atoms with E-state index in [4.69, 9.17) is 4.74 Å². The van der Waals surface area contributed by atoms with Gasteiger partial charge in [-0.1, -0.05) is 47.4 Å². The highest BCUT2D eigenvalue weighted by atomic mass is 32.2. The summed E-state index contributed by atoms with van der Waals surface area (Å²) in [5.74, 6) is 1.28. The Balaban J connectivity index is 1.81. The third kappa shape index (κ3) is 6.34. The number of hydrogen-bond acceptors (Lipinski definition) is 7. The van der Waals surface area contributed by atoms with Gasteiger partial charge >= 0.3 is 0 Å². The van der Waals surface area contributed by atoms with Gasteiger partial charge in [-0.3, -0.25) is 4.79 Å². The Morgan fingerprint density at radius 3 is 2.69 bits per heavy atom. The van der Waals surface area contributed by atoms with Gasteiger partial charge in [0.25, 0.3) is 0 Å². The summed E-state index contributed by atoms with van der Waals surface area (Å²) in [5, 5.41) is 12.3. The van der Waals surface area contributed by atoms with E-state index in [9.17, 15) is 4.79 Å². The van der Waals surface area contributed by atoms with E-state index < -0.39 is 0 Å². The average Bonchev–Trinajstić information content (AvgIpc) is 3.10. The zero-order valence-corrected chi connectivity index (χ0v) is 17.0. The first kappa shape index (κ1) is 20.3. The van der Waals surface area contributed by atoms with E-state index in [1.165, 1.54) is 23.1 Å². The number of carbonyl (C=O) groups is 1. The molecule has 0 bridgehead atoms. The van der Waals surface area contributed by atoms with Gasteiger partial charge in [0.15, 0.2) is 4.34 Å². The van der Waals surface area contributed by atoms with Crippen molar-refractivity contribution in [2.75, 3.05) is 31.3 Å². The van der Waals surface area contributed by atoms with Crippen molar-refractivity contribution in [3.05, 3.63) is 42.0 Å². The Kier molecular flexibility index (Phi) is 7.93. The lowest BCUT2D eigenvalue weighted by Gasteiger charge is -2.20. The molecule has 2 aromatic rings. The Hall–Kier alpha value is -2.06. The van der Waals surface area contributed by atoms with Gasteiger partial charge < -0.3 is 15.0 Å². The molecule has 6 nitrogen and oxygen atoms in total. The highest BCUT2D eigenvalue weighted by molar-refractivity contribution is 8.01. The van der Waals surface area contributed by atoms with Crippen molar-refractivity contribution < 1.29 is 9.53 Å². The fourth-order valence-corrected chi connectivity index (χ4v) is 3.83. The van der Waals surface area contributed by atoms with Crippen LogP contribution in [0.15, 0.2) is 40.8 Å². The number of thioether (sulfide) groups is 1. The molecule has 0 saturated carbocycles. The first-order valence-electron chi connectivity index (χ1n) is 8.27. The topological polar surface area (TPSA) is 67.4 Å². The summed E-state index contributed by atoms with van der Waals surface area (Å²) in [6.07, 6.45) is 0. The van der Waals surface area contributed by atoms with Crippen LogP contribution in [0.1, 0.15) is 19.4 Å². The van der Waals surface area contributed by atoms with Crippen LogP contribution in [0.4, 0.5) is 5.13 Å². The van der Waals surface area contributed by atoms with Gasteiger partial charge in [-0.05, 0) is 31.5 Å². The second kappa shape index (κ2) is 10.2. The molecule has 1 N–H and O–H groups in total. The zero-order chi connectivity index (χ0) is 18.9. The number of nitrogens with one attached hydrogen (secondary N) is 1. The van der Waals surface area contributed by atoms with Crippen molar-refractivity contribution in [2.45, 2.75) is 24.7 Å².